The summed E-state index contributed by atoms with van der Waals surface area (Å²) < 4.78 is 4.93. The number of hydrogen-bond donors (Lipinski definition) is 2. The van der Waals surface area contributed by atoms with E-state index in [1.165, 1.54) is 0 Å². The zero-order valence-corrected chi connectivity index (χ0v) is 17.6. The highest BCUT2D eigenvalue weighted by Gasteiger charge is 2.50. The van der Waals surface area contributed by atoms with Crippen molar-refractivity contribution in [3.8, 4) is 0 Å². The van der Waals surface area contributed by atoms with Gasteiger partial charge >= 0.3 is 12.0 Å². The number of aryl methyl sites for hydroxylation is 1. The molecule has 0 aliphatic carbocycles. The highest BCUT2D eigenvalue weighted by atomic mass is 35.5. The smallest absolute Gasteiger partial charge is 0.326 e. The second kappa shape index (κ2) is 9.73. The third-order valence-corrected chi connectivity index (χ3v) is 4.96. The number of benzene rings is 1. The summed E-state index contributed by atoms with van der Waals surface area (Å²) in [6.07, 6.45) is 2.43. The fraction of sp³-hybridized carbons (Fsp3) is 0.500. The number of ether oxygens (including phenoxy) is 1. The van der Waals surface area contributed by atoms with Gasteiger partial charge in [0.2, 0.25) is 0 Å². The molecule has 2 rings (SSSR count). The summed E-state index contributed by atoms with van der Waals surface area (Å²) in [7, 11) is 0. The molecule has 1 saturated heterocycles. The van der Waals surface area contributed by atoms with Crippen LogP contribution in [-0.2, 0) is 19.1 Å². The fourth-order valence-electron chi connectivity index (χ4n) is 3.37. The maximum atomic E-state index is 12.7. The Balaban J connectivity index is 1.91. The molecule has 2 N–H and O–H groups in total. The predicted octanol–water partition coefficient (Wildman–Crippen LogP) is 3.02. The highest BCUT2D eigenvalue weighted by molar-refractivity contribution is 6.31. The van der Waals surface area contributed by atoms with Crippen molar-refractivity contribution in [2.75, 3.05) is 18.5 Å². The van der Waals surface area contributed by atoms with E-state index in [9.17, 15) is 19.2 Å². The van der Waals surface area contributed by atoms with Gasteiger partial charge in [-0.3, -0.25) is 19.3 Å². The minimum Gasteiger partial charge on any atom is -0.454 e. The molecule has 158 valence electrons. The van der Waals surface area contributed by atoms with E-state index >= 15 is 0 Å². The molecule has 8 nitrogen and oxygen atoms in total. The maximum Gasteiger partial charge on any atom is 0.326 e. The lowest BCUT2D eigenvalue weighted by Gasteiger charge is -2.25. The first-order valence-electron chi connectivity index (χ1n) is 9.58. The van der Waals surface area contributed by atoms with Gasteiger partial charge in [0.1, 0.15) is 12.1 Å². The van der Waals surface area contributed by atoms with Crippen LogP contribution in [0.5, 0.6) is 0 Å². The Kier molecular flexibility index (Phi) is 7.61. The first kappa shape index (κ1) is 22.7. The summed E-state index contributed by atoms with van der Waals surface area (Å²) in [5.74, 6) is -1.82. The zero-order valence-electron chi connectivity index (χ0n) is 16.8. The number of amides is 4. The largest absolute Gasteiger partial charge is 0.454 e. The van der Waals surface area contributed by atoms with Gasteiger partial charge in [0.15, 0.2) is 6.61 Å². The van der Waals surface area contributed by atoms with Crippen molar-refractivity contribution < 1.29 is 23.9 Å². The van der Waals surface area contributed by atoms with Crippen LogP contribution in [0, 0.1) is 6.92 Å². The second-order valence-electron chi connectivity index (χ2n) is 7.07. The van der Waals surface area contributed by atoms with Crippen LogP contribution in [0.3, 0.4) is 0 Å². The summed E-state index contributed by atoms with van der Waals surface area (Å²) in [4.78, 5) is 50.0. The zero-order chi connectivity index (χ0) is 21.6. The van der Waals surface area contributed by atoms with Gasteiger partial charge < -0.3 is 15.4 Å². The fourth-order valence-corrected chi connectivity index (χ4v) is 3.55. The monoisotopic (exact) mass is 423 g/mol. The molecule has 0 aromatic heterocycles. The SMILES string of the molecule is CCCC1(CCC)NC(=O)N(CC(=O)OCC(=O)Nc2cc(Cl)ccc2C)C1=O. The summed E-state index contributed by atoms with van der Waals surface area (Å²) in [5, 5.41) is 5.79. The molecule has 1 aliphatic heterocycles. The number of hydrogen-bond acceptors (Lipinski definition) is 5. The van der Waals surface area contributed by atoms with E-state index in [2.05, 4.69) is 10.6 Å². The van der Waals surface area contributed by atoms with Gasteiger partial charge in [-0.25, -0.2) is 4.79 Å². The highest BCUT2D eigenvalue weighted by Crippen LogP contribution is 2.28. The molecule has 0 radical (unpaired) electrons. The van der Waals surface area contributed by atoms with Crippen molar-refractivity contribution >= 4 is 41.1 Å². The number of carbonyl (C=O) groups excluding carboxylic acids is 4. The number of nitrogens with zero attached hydrogens (tertiary/aromatic N) is 1. The molecular weight excluding hydrogens is 398 g/mol. The van der Waals surface area contributed by atoms with Crippen LogP contribution in [0.15, 0.2) is 18.2 Å². The molecule has 1 aromatic carbocycles. The number of carbonyl (C=O) groups is 4. The molecule has 0 spiro atoms. The normalized spacial score (nSPS) is 15.2. The summed E-state index contributed by atoms with van der Waals surface area (Å²) in [6.45, 7) is 4.57. The van der Waals surface area contributed by atoms with Crippen molar-refractivity contribution in [3.05, 3.63) is 28.8 Å². The molecule has 0 saturated carbocycles. The third-order valence-electron chi connectivity index (χ3n) is 4.72. The summed E-state index contributed by atoms with van der Waals surface area (Å²) >= 11 is 5.91. The topological polar surface area (TPSA) is 105 Å². The number of halogens is 1. The molecule has 0 unspecified atom stereocenters. The number of esters is 1. The summed E-state index contributed by atoms with van der Waals surface area (Å²) in [5.41, 5.74) is 0.343. The van der Waals surface area contributed by atoms with Crippen LogP contribution in [0.4, 0.5) is 10.5 Å². The van der Waals surface area contributed by atoms with Crippen molar-refractivity contribution in [3.63, 3.8) is 0 Å². The first-order valence-corrected chi connectivity index (χ1v) is 9.96. The van der Waals surface area contributed by atoms with Crippen molar-refractivity contribution in [2.24, 2.45) is 0 Å². The Hall–Kier alpha value is -2.61. The number of nitrogens with one attached hydrogen (secondary N) is 2. The molecule has 1 fully saturated rings. The Morgan fingerprint density at radius 3 is 2.48 bits per heavy atom. The van der Waals surface area contributed by atoms with Crippen LogP contribution in [0.1, 0.15) is 45.1 Å². The average molecular weight is 424 g/mol. The predicted molar refractivity (Wildman–Crippen MR) is 109 cm³/mol. The number of urea groups is 1. The van der Waals surface area contributed by atoms with Crippen molar-refractivity contribution in [2.45, 2.75) is 52.0 Å². The van der Waals surface area contributed by atoms with Crippen molar-refractivity contribution in [1.29, 1.82) is 0 Å². The lowest BCUT2D eigenvalue weighted by Crippen LogP contribution is -2.47. The van der Waals surface area contributed by atoms with E-state index in [4.69, 9.17) is 16.3 Å². The van der Waals surface area contributed by atoms with E-state index in [0.29, 0.717) is 36.4 Å². The van der Waals surface area contributed by atoms with Gasteiger partial charge in [-0.2, -0.15) is 0 Å². The van der Waals surface area contributed by atoms with E-state index in [1.807, 2.05) is 13.8 Å². The van der Waals surface area contributed by atoms with E-state index < -0.39 is 42.5 Å². The van der Waals surface area contributed by atoms with Gasteiger partial charge in [-0.1, -0.05) is 44.4 Å². The average Bonchev–Trinajstić information content (AvgIpc) is 2.88. The second-order valence-corrected chi connectivity index (χ2v) is 7.51. The molecule has 4 amide bonds. The molecule has 1 aromatic rings. The van der Waals surface area contributed by atoms with Crippen molar-refractivity contribution in [1.82, 2.24) is 10.2 Å². The van der Waals surface area contributed by atoms with Crippen LogP contribution >= 0.6 is 11.6 Å². The van der Waals surface area contributed by atoms with Gasteiger partial charge in [0.05, 0.1) is 0 Å². The summed E-state index contributed by atoms with van der Waals surface area (Å²) in [6, 6.07) is 4.42. The Morgan fingerprint density at radius 1 is 1.21 bits per heavy atom. The lowest BCUT2D eigenvalue weighted by molar-refractivity contribution is -0.150. The number of imide groups is 1. The Bertz CT molecular complexity index is 805. The van der Waals surface area contributed by atoms with E-state index in [0.717, 1.165) is 10.5 Å². The standard InChI is InChI=1S/C20H26ClN3O5/c1-4-8-20(9-5-2)18(27)24(19(28)23-20)11-17(26)29-12-16(25)22-15-10-14(21)7-6-13(15)3/h6-7,10H,4-5,8-9,11-12H2,1-3H3,(H,22,25)(H,23,28). The molecule has 9 heteroatoms. The Labute approximate surface area is 174 Å². The minimum atomic E-state index is -0.970. The quantitative estimate of drug-likeness (QED) is 0.469. The maximum absolute atomic E-state index is 12.7. The first-order chi connectivity index (χ1) is 13.7. The van der Waals surface area contributed by atoms with E-state index in [-0.39, 0.29) is 0 Å². The van der Waals surface area contributed by atoms with Gasteiger partial charge in [-0.15, -0.1) is 0 Å². The number of anilines is 1. The molecule has 0 atom stereocenters. The lowest BCUT2D eigenvalue weighted by atomic mass is 9.88. The van der Waals surface area contributed by atoms with Gasteiger partial charge in [0.25, 0.3) is 11.8 Å². The van der Waals surface area contributed by atoms with E-state index in [1.54, 1.807) is 25.1 Å². The van der Waals surface area contributed by atoms with Crippen LogP contribution in [-0.4, -0.2) is 47.4 Å². The van der Waals surface area contributed by atoms with Crippen LogP contribution < -0.4 is 10.6 Å². The Morgan fingerprint density at radius 2 is 1.86 bits per heavy atom. The third kappa shape index (κ3) is 5.47. The van der Waals surface area contributed by atoms with Gasteiger partial charge in [-0.05, 0) is 37.5 Å². The number of rotatable bonds is 9. The van der Waals surface area contributed by atoms with Gasteiger partial charge in [0, 0.05) is 10.7 Å². The van der Waals surface area contributed by atoms with Crippen LogP contribution in [0.25, 0.3) is 0 Å². The minimum absolute atomic E-state index is 0.429. The molecule has 1 aliphatic rings. The molecular formula is C20H26ClN3O5. The molecule has 29 heavy (non-hydrogen) atoms. The molecule has 1 heterocycles. The van der Waals surface area contributed by atoms with Crippen LogP contribution in [0.2, 0.25) is 5.02 Å². The molecule has 0 bridgehead atoms.